The first-order valence-corrected chi connectivity index (χ1v) is 7.42. The van der Waals surface area contributed by atoms with Crippen molar-refractivity contribution >= 4 is 33.6 Å². The zero-order chi connectivity index (χ0) is 12.5. The summed E-state index contributed by atoms with van der Waals surface area (Å²) >= 11 is 5.08. The quantitative estimate of drug-likeness (QED) is 0.759. The van der Waals surface area contributed by atoms with E-state index in [1.807, 2.05) is 18.2 Å². The van der Waals surface area contributed by atoms with Crippen molar-refractivity contribution in [2.45, 2.75) is 6.42 Å². The molecule has 0 aliphatic heterocycles. The highest BCUT2D eigenvalue weighted by atomic mass is 79.9. The molecule has 0 saturated heterocycles. The van der Waals surface area contributed by atoms with Crippen molar-refractivity contribution in [1.82, 2.24) is 5.32 Å². The van der Waals surface area contributed by atoms with Crippen molar-refractivity contribution in [3.05, 3.63) is 34.3 Å². The third-order valence-electron chi connectivity index (χ3n) is 2.10. The molecule has 1 rings (SSSR count). The van der Waals surface area contributed by atoms with Gasteiger partial charge in [-0.1, -0.05) is 12.1 Å². The van der Waals surface area contributed by atoms with Crippen molar-refractivity contribution in [3.8, 4) is 0 Å². The van der Waals surface area contributed by atoms with Gasteiger partial charge in [0.1, 0.15) is 0 Å². The van der Waals surface area contributed by atoms with Gasteiger partial charge < -0.3 is 10.4 Å². The van der Waals surface area contributed by atoms with Gasteiger partial charge in [-0.15, -0.1) is 0 Å². The van der Waals surface area contributed by atoms with Crippen LogP contribution in [-0.4, -0.2) is 35.7 Å². The normalized spacial score (nSPS) is 10.2. The van der Waals surface area contributed by atoms with Crippen LogP contribution in [-0.2, 0) is 0 Å². The Balaban J connectivity index is 2.24. The molecular weight excluding hydrogens is 302 g/mol. The Morgan fingerprint density at radius 2 is 2.12 bits per heavy atom. The maximum atomic E-state index is 11.8. The van der Waals surface area contributed by atoms with Crippen molar-refractivity contribution in [1.29, 1.82) is 0 Å². The molecule has 0 heterocycles. The van der Waals surface area contributed by atoms with E-state index in [9.17, 15) is 4.79 Å². The van der Waals surface area contributed by atoms with Crippen LogP contribution in [0.15, 0.2) is 28.7 Å². The first-order valence-electron chi connectivity index (χ1n) is 5.47. The zero-order valence-corrected chi connectivity index (χ0v) is 11.9. The average Bonchev–Trinajstić information content (AvgIpc) is 2.34. The van der Waals surface area contributed by atoms with E-state index in [-0.39, 0.29) is 12.5 Å². The van der Waals surface area contributed by atoms with E-state index in [0.717, 1.165) is 22.4 Å². The predicted octanol–water partition coefficient (Wildman–Crippen LogP) is 2.29. The van der Waals surface area contributed by atoms with Crippen LogP contribution in [0.3, 0.4) is 0 Å². The van der Waals surface area contributed by atoms with E-state index >= 15 is 0 Å². The number of benzene rings is 1. The average molecular weight is 318 g/mol. The molecule has 0 aromatic heterocycles. The molecule has 0 spiro atoms. The molecule has 0 unspecified atom stereocenters. The van der Waals surface area contributed by atoms with E-state index in [1.54, 1.807) is 17.8 Å². The summed E-state index contributed by atoms with van der Waals surface area (Å²) in [6.45, 7) is 0.882. The summed E-state index contributed by atoms with van der Waals surface area (Å²) in [6.07, 6.45) is 0.808. The summed E-state index contributed by atoms with van der Waals surface area (Å²) in [4.78, 5) is 11.8. The highest BCUT2D eigenvalue weighted by Crippen LogP contribution is 2.15. The lowest BCUT2D eigenvalue weighted by molar-refractivity contribution is 0.0955. The van der Waals surface area contributed by atoms with Gasteiger partial charge in [-0.3, -0.25) is 4.79 Å². The molecular formula is C12H16BrNO2S. The number of thioether (sulfide) groups is 1. The molecule has 94 valence electrons. The Morgan fingerprint density at radius 1 is 1.35 bits per heavy atom. The SMILES string of the molecule is O=C(NCCSCCCO)c1ccccc1Br. The van der Waals surface area contributed by atoms with Crippen LogP contribution in [0.5, 0.6) is 0 Å². The summed E-state index contributed by atoms with van der Waals surface area (Å²) < 4.78 is 0.811. The van der Waals surface area contributed by atoms with E-state index in [4.69, 9.17) is 5.11 Å². The van der Waals surface area contributed by atoms with Crippen LogP contribution >= 0.6 is 27.7 Å². The summed E-state index contributed by atoms with van der Waals surface area (Å²) in [5.74, 6) is 1.75. The Labute approximate surface area is 114 Å². The number of hydrogen-bond acceptors (Lipinski definition) is 3. The van der Waals surface area contributed by atoms with Crippen LogP contribution in [0.2, 0.25) is 0 Å². The highest BCUT2D eigenvalue weighted by molar-refractivity contribution is 9.10. The molecule has 1 aromatic carbocycles. The smallest absolute Gasteiger partial charge is 0.252 e. The van der Waals surface area contributed by atoms with Gasteiger partial charge in [-0.05, 0) is 40.2 Å². The topological polar surface area (TPSA) is 49.3 Å². The van der Waals surface area contributed by atoms with Crippen LogP contribution in [0.4, 0.5) is 0 Å². The monoisotopic (exact) mass is 317 g/mol. The summed E-state index contributed by atoms with van der Waals surface area (Å²) in [6, 6.07) is 7.37. The minimum Gasteiger partial charge on any atom is -0.396 e. The molecule has 17 heavy (non-hydrogen) atoms. The lowest BCUT2D eigenvalue weighted by atomic mass is 10.2. The van der Waals surface area contributed by atoms with E-state index in [0.29, 0.717) is 12.1 Å². The predicted molar refractivity (Wildman–Crippen MR) is 75.5 cm³/mol. The van der Waals surface area contributed by atoms with Crippen LogP contribution < -0.4 is 5.32 Å². The summed E-state index contributed by atoms with van der Waals surface area (Å²) in [5.41, 5.74) is 0.660. The van der Waals surface area contributed by atoms with Crippen molar-refractivity contribution in [2.75, 3.05) is 24.7 Å². The Hall–Kier alpha value is -0.520. The summed E-state index contributed by atoms with van der Waals surface area (Å²) in [7, 11) is 0. The minimum atomic E-state index is -0.0553. The molecule has 1 aromatic rings. The van der Waals surface area contributed by atoms with Crippen molar-refractivity contribution in [3.63, 3.8) is 0 Å². The third-order valence-corrected chi connectivity index (χ3v) is 3.86. The molecule has 0 radical (unpaired) electrons. The van der Waals surface area contributed by atoms with Gasteiger partial charge in [0.15, 0.2) is 0 Å². The van der Waals surface area contributed by atoms with Gasteiger partial charge in [0.2, 0.25) is 0 Å². The second kappa shape index (κ2) is 8.55. The van der Waals surface area contributed by atoms with Gasteiger partial charge in [0.05, 0.1) is 5.56 Å². The van der Waals surface area contributed by atoms with Gasteiger partial charge >= 0.3 is 0 Å². The Bertz CT molecular complexity index is 360. The van der Waals surface area contributed by atoms with E-state index < -0.39 is 0 Å². The van der Waals surface area contributed by atoms with Gasteiger partial charge in [-0.25, -0.2) is 0 Å². The number of carbonyl (C=O) groups is 1. The second-order valence-corrected chi connectivity index (χ2v) is 5.50. The number of amides is 1. The lowest BCUT2D eigenvalue weighted by Crippen LogP contribution is -2.26. The Morgan fingerprint density at radius 3 is 2.82 bits per heavy atom. The number of aliphatic hydroxyl groups is 1. The fraction of sp³-hybridized carbons (Fsp3) is 0.417. The highest BCUT2D eigenvalue weighted by Gasteiger charge is 2.07. The number of nitrogens with one attached hydrogen (secondary N) is 1. The zero-order valence-electron chi connectivity index (χ0n) is 9.49. The van der Waals surface area contributed by atoms with Crippen molar-refractivity contribution < 1.29 is 9.90 Å². The van der Waals surface area contributed by atoms with Crippen LogP contribution in [0.25, 0.3) is 0 Å². The summed E-state index contributed by atoms with van der Waals surface area (Å²) in [5, 5.41) is 11.5. The van der Waals surface area contributed by atoms with Gasteiger partial charge in [0, 0.05) is 23.4 Å². The number of hydrogen-bond donors (Lipinski definition) is 2. The van der Waals surface area contributed by atoms with Crippen molar-refractivity contribution in [2.24, 2.45) is 0 Å². The Kier molecular flexibility index (Phi) is 7.32. The van der Waals surface area contributed by atoms with Gasteiger partial charge in [-0.2, -0.15) is 11.8 Å². The second-order valence-electron chi connectivity index (χ2n) is 3.43. The molecule has 5 heteroatoms. The fourth-order valence-corrected chi connectivity index (χ4v) is 2.49. The number of halogens is 1. The molecule has 2 N–H and O–H groups in total. The molecule has 0 bridgehead atoms. The maximum Gasteiger partial charge on any atom is 0.252 e. The molecule has 0 saturated carbocycles. The first-order chi connectivity index (χ1) is 8.25. The first kappa shape index (κ1) is 14.5. The van der Waals surface area contributed by atoms with Crippen LogP contribution in [0, 0.1) is 0 Å². The molecule has 3 nitrogen and oxygen atoms in total. The molecule has 1 amide bonds. The molecule has 0 fully saturated rings. The largest absolute Gasteiger partial charge is 0.396 e. The maximum absolute atomic E-state index is 11.8. The number of rotatable bonds is 7. The number of aliphatic hydroxyl groups excluding tert-OH is 1. The lowest BCUT2D eigenvalue weighted by Gasteiger charge is -2.06. The van der Waals surface area contributed by atoms with Crippen LogP contribution in [0.1, 0.15) is 16.8 Å². The fourth-order valence-electron chi connectivity index (χ4n) is 1.25. The third kappa shape index (κ3) is 5.57. The van der Waals surface area contributed by atoms with Gasteiger partial charge in [0.25, 0.3) is 5.91 Å². The van der Waals surface area contributed by atoms with E-state index in [2.05, 4.69) is 21.2 Å². The number of carbonyl (C=O) groups excluding carboxylic acids is 1. The standard InChI is InChI=1S/C12H16BrNO2S/c13-11-5-2-1-4-10(11)12(16)14-6-9-17-8-3-7-15/h1-2,4-5,15H,3,6-9H2,(H,14,16). The molecule has 0 atom stereocenters. The minimum absolute atomic E-state index is 0.0553. The van der Waals surface area contributed by atoms with E-state index in [1.165, 1.54) is 0 Å². The molecule has 0 aliphatic carbocycles. The molecule has 0 aliphatic rings.